The van der Waals surface area contributed by atoms with Crippen molar-refractivity contribution < 1.29 is 9.13 Å². The lowest BCUT2D eigenvalue weighted by Gasteiger charge is -2.02. The van der Waals surface area contributed by atoms with Gasteiger partial charge < -0.3 is 4.74 Å². The molecule has 0 bridgehead atoms. The van der Waals surface area contributed by atoms with E-state index in [0.717, 1.165) is 10.2 Å². The second kappa shape index (κ2) is 3.72. The van der Waals surface area contributed by atoms with Crippen LogP contribution in [0.5, 0.6) is 5.75 Å². The van der Waals surface area contributed by atoms with Gasteiger partial charge >= 0.3 is 0 Å². The number of benzene rings is 1. The second-order valence-corrected chi connectivity index (χ2v) is 2.95. The third kappa shape index (κ3) is 1.93. The number of rotatable bonds is 2. The van der Waals surface area contributed by atoms with Gasteiger partial charge in [0.15, 0.2) is 0 Å². The first kappa shape index (κ1) is 8.53. The highest BCUT2D eigenvalue weighted by Crippen LogP contribution is 2.23. The topological polar surface area (TPSA) is 9.23 Å². The number of halogens is 2. The molecular formula is C8H8BrFO. The van der Waals surface area contributed by atoms with E-state index in [1.54, 1.807) is 25.3 Å². The molecule has 0 atom stereocenters. The van der Waals surface area contributed by atoms with Crippen LogP contribution in [-0.2, 0) is 6.67 Å². The maximum absolute atomic E-state index is 12.2. The summed E-state index contributed by atoms with van der Waals surface area (Å²) in [6.45, 7) is -0.454. The van der Waals surface area contributed by atoms with Gasteiger partial charge in [-0.15, -0.1) is 0 Å². The molecule has 0 amide bonds. The van der Waals surface area contributed by atoms with Crippen LogP contribution in [0.2, 0.25) is 0 Å². The average Bonchev–Trinajstić information content (AvgIpc) is 2.04. The van der Waals surface area contributed by atoms with E-state index in [4.69, 9.17) is 4.74 Å². The van der Waals surface area contributed by atoms with Crippen LogP contribution in [0, 0.1) is 0 Å². The smallest absolute Gasteiger partial charge is 0.120 e. The molecule has 0 heterocycles. The van der Waals surface area contributed by atoms with Crippen LogP contribution in [0.4, 0.5) is 4.39 Å². The van der Waals surface area contributed by atoms with Crippen LogP contribution in [-0.4, -0.2) is 7.11 Å². The number of hydrogen-bond acceptors (Lipinski definition) is 1. The van der Waals surface area contributed by atoms with Gasteiger partial charge in [-0.05, 0) is 17.7 Å². The molecule has 60 valence electrons. The molecule has 0 unspecified atom stereocenters. The van der Waals surface area contributed by atoms with Gasteiger partial charge in [0.2, 0.25) is 0 Å². The van der Waals surface area contributed by atoms with Gasteiger partial charge in [0.05, 0.1) is 7.11 Å². The van der Waals surface area contributed by atoms with Gasteiger partial charge in [0.25, 0.3) is 0 Å². The first-order chi connectivity index (χ1) is 5.27. The summed E-state index contributed by atoms with van der Waals surface area (Å²) < 4.78 is 17.8. The van der Waals surface area contributed by atoms with E-state index in [9.17, 15) is 4.39 Å². The normalized spacial score (nSPS) is 9.73. The van der Waals surface area contributed by atoms with Crippen LogP contribution in [0.25, 0.3) is 0 Å². The van der Waals surface area contributed by atoms with Crippen LogP contribution >= 0.6 is 15.9 Å². The molecule has 0 aliphatic heterocycles. The Morgan fingerprint density at radius 2 is 2.27 bits per heavy atom. The molecule has 1 rings (SSSR count). The zero-order valence-electron chi connectivity index (χ0n) is 6.10. The van der Waals surface area contributed by atoms with Crippen molar-refractivity contribution in [1.82, 2.24) is 0 Å². The minimum atomic E-state index is -0.454. The van der Waals surface area contributed by atoms with E-state index in [2.05, 4.69) is 15.9 Å². The Morgan fingerprint density at radius 1 is 1.55 bits per heavy atom. The number of alkyl halides is 1. The van der Waals surface area contributed by atoms with Gasteiger partial charge in [-0.1, -0.05) is 22.0 Å². The van der Waals surface area contributed by atoms with Crippen molar-refractivity contribution in [3.63, 3.8) is 0 Å². The van der Waals surface area contributed by atoms with Crippen LogP contribution < -0.4 is 4.74 Å². The summed E-state index contributed by atoms with van der Waals surface area (Å²) in [5.74, 6) is 0.731. The maximum atomic E-state index is 12.2. The first-order valence-electron chi connectivity index (χ1n) is 3.16. The quantitative estimate of drug-likeness (QED) is 0.742. The summed E-state index contributed by atoms with van der Waals surface area (Å²) in [5.41, 5.74) is 0.644. The largest absolute Gasteiger partial charge is 0.497 e. The van der Waals surface area contributed by atoms with Gasteiger partial charge in [-0.25, -0.2) is 4.39 Å². The van der Waals surface area contributed by atoms with Crippen molar-refractivity contribution in [3.05, 3.63) is 28.2 Å². The van der Waals surface area contributed by atoms with Gasteiger partial charge in [-0.2, -0.15) is 0 Å². The third-order valence-corrected chi connectivity index (χ3v) is 2.14. The van der Waals surface area contributed by atoms with E-state index in [1.807, 2.05) is 0 Å². The highest BCUT2D eigenvalue weighted by atomic mass is 79.9. The highest BCUT2D eigenvalue weighted by Gasteiger charge is 1.99. The molecule has 1 aromatic rings. The molecule has 0 saturated carbocycles. The molecule has 0 aromatic heterocycles. The zero-order valence-corrected chi connectivity index (χ0v) is 7.69. The van der Waals surface area contributed by atoms with Crippen molar-refractivity contribution >= 4 is 15.9 Å². The fourth-order valence-corrected chi connectivity index (χ4v) is 1.23. The Morgan fingerprint density at radius 3 is 2.73 bits per heavy atom. The predicted octanol–water partition coefficient (Wildman–Crippen LogP) is 2.93. The van der Waals surface area contributed by atoms with E-state index in [1.165, 1.54) is 0 Å². The highest BCUT2D eigenvalue weighted by molar-refractivity contribution is 9.10. The fourth-order valence-electron chi connectivity index (χ4n) is 0.763. The van der Waals surface area contributed by atoms with Gasteiger partial charge in [0, 0.05) is 4.47 Å². The summed E-state index contributed by atoms with van der Waals surface area (Å²) in [6, 6.07) is 5.18. The van der Waals surface area contributed by atoms with Crippen molar-refractivity contribution in [2.45, 2.75) is 6.67 Å². The minimum Gasteiger partial charge on any atom is -0.497 e. The number of ether oxygens (including phenoxy) is 1. The van der Waals surface area contributed by atoms with Crippen molar-refractivity contribution in [2.75, 3.05) is 7.11 Å². The van der Waals surface area contributed by atoms with E-state index in [0.29, 0.717) is 5.56 Å². The maximum Gasteiger partial charge on any atom is 0.120 e. The summed E-state index contributed by atoms with van der Waals surface area (Å²) in [6.07, 6.45) is 0. The molecule has 0 aliphatic carbocycles. The summed E-state index contributed by atoms with van der Waals surface area (Å²) in [7, 11) is 1.58. The molecule has 0 spiro atoms. The molecule has 0 N–H and O–H groups in total. The van der Waals surface area contributed by atoms with Gasteiger partial charge in [0.1, 0.15) is 12.4 Å². The predicted molar refractivity (Wildman–Crippen MR) is 45.5 cm³/mol. The SMILES string of the molecule is COc1ccc(CF)c(Br)c1. The monoisotopic (exact) mass is 218 g/mol. The summed E-state index contributed by atoms with van der Waals surface area (Å²) >= 11 is 3.23. The first-order valence-corrected chi connectivity index (χ1v) is 3.95. The number of methoxy groups -OCH3 is 1. The average molecular weight is 219 g/mol. The minimum absolute atomic E-state index is 0.454. The fraction of sp³-hybridized carbons (Fsp3) is 0.250. The Hall–Kier alpha value is -0.570. The molecule has 1 nitrogen and oxygen atoms in total. The van der Waals surface area contributed by atoms with E-state index >= 15 is 0 Å². The Kier molecular flexibility index (Phi) is 2.88. The lowest BCUT2D eigenvalue weighted by Crippen LogP contribution is -1.85. The van der Waals surface area contributed by atoms with Crippen LogP contribution in [0.3, 0.4) is 0 Å². The third-order valence-electron chi connectivity index (χ3n) is 1.40. The van der Waals surface area contributed by atoms with Crippen molar-refractivity contribution in [3.8, 4) is 5.75 Å². The standard InChI is InChI=1S/C8H8BrFO/c1-11-7-3-2-6(5-10)8(9)4-7/h2-4H,5H2,1H3. The lowest BCUT2D eigenvalue weighted by molar-refractivity contribution is 0.413. The number of hydrogen-bond donors (Lipinski definition) is 0. The molecule has 0 radical (unpaired) electrons. The van der Waals surface area contributed by atoms with Crippen molar-refractivity contribution in [1.29, 1.82) is 0 Å². The molecule has 0 aliphatic rings. The summed E-state index contributed by atoms with van der Waals surface area (Å²) in [4.78, 5) is 0. The molecule has 1 aromatic carbocycles. The van der Waals surface area contributed by atoms with Crippen LogP contribution in [0.15, 0.2) is 22.7 Å². The molecule has 0 saturated heterocycles. The van der Waals surface area contributed by atoms with E-state index < -0.39 is 6.67 Å². The zero-order chi connectivity index (χ0) is 8.27. The Bertz CT molecular complexity index is 250. The lowest BCUT2D eigenvalue weighted by atomic mass is 10.2. The Balaban J connectivity index is 2.99. The molecule has 0 fully saturated rings. The van der Waals surface area contributed by atoms with E-state index in [-0.39, 0.29) is 0 Å². The molecule has 3 heteroatoms. The van der Waals surface area contributed by atoms with Crippen molar-refractivity contribution in [2.24, 2.45) is 0 Å². The van der Waals surface area contributed by atoms with Crippen LogP contribution in [0.1, 0.15) is 5.56 Å². The Labute approximate surface area is 73.3 Å². The molecular weight excluding hydrogens is 211 g/mol. The summed E-state index contributed by atoms with van der Waals surface area (Å²) in [5, 5.41) is 0. The van der Waals surface area contributed by atoms with Gasteiger partial charge in [-0.3, -0.25) is 0 Å². The second-order valence-electron chi connectivity index (χ2n) is 2.09. The molecule has 11 heavy (non-hydrogen) atoms.